The summed E-state index contributed by atoms with van der Waals surface area (Å²) in [5, 5.41) is 5.91. The van der Waals surface area contributed by atoms with Gasteiger partial charge in [0.2, 0.25) is 0 Å². The molecule has 1 aromatic heterocycles. The fourth-order valence-electron chi connectivity index (χ4n) is 2.30. The molecular formula is C18H14Cl2N2O3S2. The molecule has 0 aliphatic rings. The van der Waals surface area contributed by atoms with Gasteiger partial charge in [-0.25, -0.2) is 13.4 Å². The largest absolute Gasteiger partial charge is 0.298 e. The van der Waals surface area contributed by atoms with Gasteiger partial charge < -0.3 is 0 Å². The first-order valence-electron chi connectivity index (χ1n) is 7.85. The number of carbonyl (C=O) groups excluding carboxylic acids is 1. The van der Waals surface area contributed by atoms with Gasteiger partial charge in [0.05, 0.1) is 21.4 Å². The van der Waals surface area contributed by atoms with E-state index in [2.05, 4.69) is 10.3 Å². The SMILES string of the molecule is CCS(=O)(=O)c1ccc(C(=O)Nc2nc(-c3cc(Cl)ccc3Cl)cs2)cc1. The average molecular weight is 441 g/mol. The molecule has 5 nitrogen and oxygen atoms in total. The molecule has 0 radical (unpaired) electrons. The normalized spacial score (nSPS) is 11.4. The van der Waals surface area contributed by atoms with Gasteiger partial charge in [-0.3, -0.25) is 10.1 Å². The van der Waals surface area contributed by atoms with Gasteiger partial charge in [-0.05, 0) is 42.5 Å². The second-order valence-corrected chi connectivity index (χ2v) is 9.52. The number of hydrogen-bond donors (Lipinski definition) is 1. The molecule has 1 N–H and O–H groups in total. The Bertz CT molecular complexity index is 1090. The number of thiazole rings is 1. The van der Waals surface area contributed by atoms with E-state index in [0.29, 0.717) is 32.0 Å². The lowest BCUT2D eigenvalue weighted by molar-refractivity contribution is 0.102. The third-order valence-electron chi connectivity index (χ3n) is 3.78. The monoisotopic (exact) mass is 440 g/mol. The number of amides is 1. The number of nitrogens with zero attached hydrogens (tertiary/aromatic N) is 1. The Morgan fingerprint density at radius 2 is 1.85 bits per heavy atom. The van der Waals surface area contributed by atoms with Gasteiger partial charge in [-0.1, -0.05) is 30.1 Å². The zero-order chi connectivity index (χ0) is 19.6. The zero-order valence-corrected chi connectivity index (χ0v) is 17.2. The highest BCUT2D eigenvalue weighted by atomic mass is 35.5. The van der Waals surface area contributed by atoms with Crippen molar-refractivity contribution < 1.29 is 13.2 Å². The van der Waals surface area contributed by atoms with Gasteiger partial charge in [0.25, 0.3) is 5.91 Å². The van der Waals surface area contributed by atoms with Gasteiger partial charge in [0.15, 0.2) is 15.0 Å². The van der Waals surface area contributed by atoms with E-state index in [-0.39, 0.29) is 16.6 Å². The van der Waals surface area contributed by atoms with Crippen molar-refractivity contribution in [3.8, 4) is 11.3 Å². The lowest BCUT2D eigenvalue weighted by Gasteiger charge is -2.04. The minimum Gasteiger partial charge on any atom is -0.298 e. The van der Waals surface area contributed by atoms with Crippen molar-refractivity contribution in [2.75, 3.05) is 11.1 Å². The molecule has 3 aromatic rings. The molecule has 1 amide bonds. The fraction of sp³-hybridized carbons (Fsp3) is 0.111. The highest BCUT2D eigenvalue weighted by Crippen LogP contribution is 2.32. The van der Waals surface area contributed by atoms with E-state index < -0.39 is 9.84 Å². The highest BCUT2D eigenvalue weighted by molar-refractivity contribution is 7.91. The Morgan fingerprint density at radius 1 is 1.15 bits per heavy atom. The number of carbonyl (C=O) groups is 1. The molecule has 0 unspecified atom stereocenters. The van der Waals surface area contributed by atoms with Gasteiger partial charge in [0, 0.05) is 21.5 Å². The van der Waals surface area contributed by atoms with Gasteiger partial charge in [0.1, 0.15) is 0 Å². The van der Waals surface area contributed by atoms with Crippen LogP contribution in [0.15, 0.2) is 52.7 Å². The van der Waals surface area contributed by atoms with E-state index >= 15 is 0 Å². The summed E-state index contributed by atoms with van der Waals surface area (Å²) in [4.78, 5) is 16.9. The van der Waals surface area contributed by atoms with Crippen LogP contribution in [0.25, 0.3) is 11.3 Å². The van der Waals surface area contributed by atoms with Crippen LogP contribution in [0.4, 0.5) is 5.13 Å². The molecule has 140 valence electrons. The molecule has 3 rings (SSSR count). The molecule has 0 saturated carbocycles. The van der Waals surface area contributed by atoms with Crippen LogP contribution in [0.5, 0.6) is 0 Å². The number of nitrogens with one attached hydrogen (secondary N) is 1. The number of rotatable bonds is 5. The van der Waals surface area contributed by atoms with Gasteiger partial charge >= 0.3 is 0 Å². The van der Waals surface area contributed by atoms with Crippen LogP contribution in [-0.2, 0) is 9.84 Å². The summed E-state index contributed by atoms with van der Waals surface area (Å²) in [6, 6.07) is 10.9. The molecular weight excluding hydrogens is 427 g/mol. The molecule has 0 aliphatic heterocycles. The summed E-state index contributed by atoms with van der Waals surface area (Å²) in [6.45, 7) is 1.57. The minimum absolute atomic E-state index is 0.00645. The van der Waals surface area contributed by atoms with Crippen molar-refractivity contribution in [1.29, 1.82) is 0 Å². The lowest BCUT2D eigenvalue weighted by atomic mass is 10.2. The molecule has 1 heterocycles. The van der Waals surface area contributed by atoms with Gasteiger partial charge in [-0.2, -0.15) is 0 Å². The number of anilines is 1. The van der Waals surface area contributed by atoms with Crippen molar-refractivity contribution in [3.63, 3.8) is 0 Å². The Balaban J connectivity index is 1.77. The standard InChI is InChI=1S/C18H14Cl2N2O3S2/c1-2-27(24,25)13-6-3-11(4-7-13)17(23)22-18-21-16(10-26-18)14-9-12(19)5-8-15(14)20/h3-10H,2H2,1H3,(H,21,22,23). The van der Waals surface area contributed by atoms with E-state index in [0.717, 1.165) is 0 Å². The van der Waals surface area contributed by atoms with Crippen LogP contribution in [0, 0.1) is 0 Å². The average Bonchev–Trinajstić information content (AvgIpc) is 3.12. The molecule has 27 heavy (non-hydrogen) atoms. The number of benzene rings is 2. The van der Waals surface area contributed by atoms with Crippen LogP contribution in [-0.4, -0.2) is 25.1 Å². The molecule has 0 aliphatic carbocycles. The van der Waals surface area contributed by atoms with Crippen LogP contribution in [0.2, 0.25) is 10.0 Å². The van der Waals surface area contributed by atoms with E-state index in [4.69, 9.17) is 23.2 Å². The van der Waals surface area contributed by atoms with E-state index in [1.807, 2.05) is 0 Å². The van der Waals surface area contributed by atoms with E-state index in [1.165, 1.54) is 35.6 Å². The predicted octanol–water partition coefficient (Wildman–Crippen LogP) is 5.16. The molecule has 0 spiro atoms. The quantitative estimate of drug-likeness (QED) is 0.593. The maximum absolute atomic E-state index is 12.4. The topological polar surface area (TPSA) is 76.1 Å². The van der Waals surface area contributed by atoms with Crippen molar-refractivity contribution in [2.45, 2.75) is 11.8 Å². The zero-order valence-electron chi connectivity index (χ0n) is 14.1. The lowest BCUT2D eigenvalue weighted by Crippen LogP contribution is -2.12. The maximum Gasteiger partial charge on any atom is 0.257 e. The van der Waals surface area contributed by atoms with E-state index in [9.17, 15) is 13.2 Å². The fourth-order valence-corrected chi connectivity index (χ4v) is 4.27. The third kappa shape index (κ3) is 4.50. The summed E-state index contributed by atoms with van der Waals surface area (Å²) in [5.74, 6) is -0.375. The Morgan fingerprint density at radius 3 is 2.52 bits per heavy atom. The summed E-state index contributed by atoms with van der Waals surface area (Å²) in [6.07, 6.45) is 0. The number of sulfone groups is 1. The van der Waals surface area contributed by atoms with Crippen molar-refractivity contribution in [1.82, 2.24) is 4.98 Å². The summed E-state index contributed by atoms with van der Waals surface area (Å²) in [7, 11) is -3.30. The van der Waals surface area contributed by atoms with Crippen molar-refractivity contribution in [3.05, 3.63) is 63.5 Å². The Labute approximate surface area is 170 Å². The van der Waals surface area contributed by atoms with Crippen molar-refractivity contribution >= 4 is 55.4 Å². The molecule has 0 fully saturated rings. The number of aromatic nitrogens is 1. The maximum atomic E-state index is 12.4. The highest BCUT2D eigenvalue weighted by Gasteiger charge is 2.15. The third-order valence-corrected chi connectivity index (χ3v) is 6.86. The summed E-state index contributed by atoms with van der Waals surface area (Å²) in [5.41, 5.74) is 1.62. The van der Waals surface area contributed by atoms with E-state index in [1.54, 1.807) is 30.5 Å². The molecule has 0 bridgehead atoms. The Kier molecular flexibility index (Phi) is 5.86. The summed E-state index contributed by atoms with van der Waals surface area (Å²) >= 11 is 13.4. The van der Waals surface area contributed by atoms with Crippen LogP contribution in [0.1, 0.15) is 17.3 Å². The molecule has 9 heteroatoms. The molecule has 0 saturated heterocycles. The first-order chi connectivity index (χ1) is 12.8. The minimum atomic E-state index is -3.30. The molecule has 2 aromatic carbocycles. The number of hydrogen-bond acceptors (Lipinski definition) is 5. The van der Waals surface area contributed by atoms with Crippen LogP contribution >= 0.6 is 34.5 Å². The molecule has 0 atom stereocenters. The van der Waals surface area contributed by atoms with Crippen molar-refractivity contribution in [2.24, 2.45) is 0 Å². The predicted molar refractivity (Wildman–Crippen MR) is 110 cm³/mol. The smallest absolute Gasteiger partial charge is 0.257 e. The van der Waals surface area contributed by atoms with Crippen LogP contribution in [0.3, 0.4) is 0 Å². The van der Waals surface area contributed by atoms with Crippen LogP contribution < -0.4 is 5.32 Å². The van der Waals surface area contributed by atoms with Gasteiger partial charge in [-0.15, -0.1) is 11.3 Å². The number of halogens is 2. The second kappa shape index (κ2) is 7.98. The summed E-state index contributed by atoms with van der Waals surface area (Å²) < 4.78 is 23.7. The second-order valence-electron chi connectivity index (χ2n) is 5.54. The first kappa shape index (κ1) is 19.8. The Hall–Kier alpha value is -1.93. The first-order valence-corrected chi connectivity index (χ1v) is 11.1.